The third-order valence-electron chi connectivity index (χ3n) is 4.21. The SMILES string of the molecule is CCNC(=NCc1ncccc1C)NCc1oc2ccccc2c1C.I. The van der Waals surface area contributed by atoms with Gasteiger partial charge in [0.2, 0.25) is 0 Å². The van der Waals surface area contributed by atoms with Crippen molar-refractivity contribution >= 4 is 40.9 Å². The van der Waals surface area contributed by atoms with E-state index in [0.29, 0.717) is 13.1 Å². The molecule has 2 N–H and O–H groups in total. The van der Waals surface area contributed by atoms with E-state index in [-0.39, 0.29) is 24.0 Å². The molecule has 3 aromatic rings. The lowest BCUT2D eigenvalue weighted by Crippen LogP contribution is -2.36. The zero-order valence-electron chi connectivity index (χ0n) is 15.4. The maximum absolute atomic E-state index is 5.95. The molecular formula is C20H25IN4O. The summed E-state index contributed by atoms with van der Waals surface area (Å²) >= 11 is 0. The number of pyridine rings is 1. The van der Waals surface area contributed by atoms with Crippen LogP contribution >= 0.6 is 24.0 Å². The van der Waals surface area contributed by atoms with Gasteiger partial charge in [-0.15, -0.1) is 24.0 Å². The first-order valence-electron chi connectivity index (χ1n) is 8.58. The van der Waals surface area contributed by atoms with Gasteiger partial charge in [-0.05, 0) is 38.5 Å². The first kappa shape index (κ1) is 20.2. The van der Waals surface area contributed by atoms with Crippen molar-refractivity contribution < 1.29 is 4.42 Å². The number of halogens is 1. The lowest BCUT2D eigenvalue weighted by Gasteiger charge is -2.11. The van der Waals surface area contributed by atoms with Gasteiger partial charge in [0.25, 0.3) is 0 Å². The third kappa shape index (κ3) is 4.75. The average Bonchev–Trinajstić information content (AvgIpc) is 2.95. The van der Waals surface area contributed by atoms with Crippen LogP contribution in [0.1, 0.15) is 29.5 Å². The fraction of sp³-hybridized carbons (Fsp3) is 0.300. The van der Waals surface area contributed by atoms with Crippen LogP contribution in [0.3, 0.4) is 0 Å². The second-order valence-electron chi connectivity index (χ2n) is 5.96. The Hall–Kier alpha value is -2.09. The number of rotatable bonds is 5. The van der Waals surface area contributed by atoms with Gasteiger partial charge >= 0.3 is 0 Å². The highest BCUT2D eigenvalue weighted by atomic mass is 127. The average molecular weight is 464 g/mol. The van der Waals surface area contributed by atoms with E-state index in [0.717, 1.165) is 40.5 Å². The molecule has 138 valence electrons. The molecule has 26 heavy (non-hydrogen) atoms. The minimum atomic E-state index is 0. The maximum atomic E-state index is 5.95. The third-order valence-corrected chi connectivity index (χ3v) is 4.21. The molecule has 3 rings (SSSR count). The molecule has 0 aliphatic carbocycles. The molecule has 6 heteroatoms. The van der Waals surface area contributed by atoms with E-state index in [9.17, 15) is 0 Å². The lowest BCUT2D eigenvalue weighted by atomic mass is 10.1. The van der Waals surface area contributed by atoms with Crippen LogP contribution in [-0.2, 0) is 13.1 Å². The van der Waals surface area contributed by atoms with Crippen molar-refractivity contribution in [2.75, 3.05) is 6.54 Å². The van der Waals surface area contributed by atoms with E-state index in [1.807, 2.05) is 24.3 Å². The highest BCUT2D eigenvalue weighted by molar-refractivity contribution is 14.0. The van der Waals surface area contributed by atoms with Crippen molar-refractivity contribution in [3.8, 4) is 0 Å². The van der Waals surface area contributed by atoms with Crippen molar-refractivity contribution in [3.05, 3.63) is 65.2 Å². The predicted octanol–water partition coefficient (Wildman–Crippen LogP) is 4.32. The number of hydrogen-bond acceptors (Lipinski definition) is 3. The van der Waals surface area contributed by atoms with Crippen molar-refractivity contribution in [1.29, 1.82) is 0 Å². The molecule has 0 radical (unpaired) electrons. The van der Waals surface area contributed by atoms with Gasteiger partial charge in [-0.2, -0.15) is 0 Å². The van der Waals surface area contributed by atoms with Crippen LogP contribution in [0.5, 0.6) is 0 Å². The summed E-state index contributed by atoms with van der Waals surface area (Å²) in [6.45, 7) is 8.12. The summed E-state index contributed by atoms with van der Waals surface area (Å²) in [5.74, 6) is 1.69. The highest BCUT2D eigenvalue weighted by Crippen LogP contribution is 2.24. The fourth-order valence-electron chi connectivity index (χ4n) is 2.74. The van der Waals surface area contributed by atoms with Gasteiger partial charge in [-0.3, -0.25) is 4.98 Å². The summed E-state index contributed by atoms with van der Waals surface area (Å²) in [6, 6.07) is 12.1. The van der Waals surface area contributed by atoms with Crippen molar-refractivity contribution in [2.45, 2.75) is 33.9 Å². The second kappa shape index (κ2) is 9.56. The number of aromatic nitrogens is 1. The molecular weight excluding hydrogens is 439 g/mol. The van der Waals surface area contributed by atoms with Gasteiger partial charge < -0.3 is 15.1 Å². The summed E-state index contributed by atoms with van der Waals surface area (Å²) in [5.41, 5.74) is 4.22. The van der Waals surface area contributed by atoms with E-state index in [1.54, 1.807) is 6.20 Å². The molecule has 0 unspecified atom stereocenters. The number of nitrogens with zero attached hydrogens (tertiary/aromatic N) is 2. The molecule has 0 amide bonds. The minimum Gasteiger partial charge on any atom is -0.459 e. The highest BCUT2D eigenvalue weighted by Gasteiger charge is 2.10. The normalized spacial score (nSPS) is 11.3. The number of aryl methyl sites for hydroxylation is 2. The topological polar surface area (TPSA) is 62.5 Å². The first-order chi connectivity index (χ1) is 12.2. The zero-order chi connectivity index (χ0) is 17.6. The smallest absolute Gasteiger partial charge is 0.192 e. The summed E-state index contributed by atoms with van der Waals surface area (Å²) in [4.78, 5) is 9.02. The van der Waals surface area contributed by atoms with Crippen LogP contribution in [-0.4, -0.2) is 17.5 Å². The van der Waals surface area contributed by atoms with Crippen molar-refractivity contribution in [1.82, 2.24) is 15.6 Å². The monoisotopic (exact) mass is 464 g/mol. The van der Waals surface area contributed by atoms with Crippen LogP contribution in [0, 0.1) is 13.8 Å². The Morgan fingerprint density at radius 3 is 2.65 bits per heavy atom. The Bertz CT molecular complexity index is 888. The summed E-state index contributed by atoms with van der Waals surface area (Å²) in [5, 5.41) is 7.77. The number of nitrogens with one attached hydrogen (secondary N) is 2. The minimum absolute atomic E-state index is 0. The largest absolute Gasteiger partial charge is 0.459 e. The Labute approximate surface area is 171 Å². The quantitative estimate of drug-likeness (QED) is 0.336. The van der Waals surface area contributed by atoms with Gasteiger partial charge in [0.1, 0.15) is 11.3 Å². The summed E-state index contributed by atoms with van der Waals surface area (Å²) in [7, 11) is 0. The molecule has 0 atom stereocenters. The molecule has 0 saturated carbocycles. The van der Waals surface area contributed by atoms with Gasteiger partial charge in [-0.1, -0.05) is 24.3 Å². The van der Waals surface area contributed by atoms with E-state index in [2.05, 4.69) is 53.5 Å². The molecule has 1 aromatic carbocycles. The molecule has 2 aromatic heterocycles. The Kier molecular flexibility index (Phi) is 7.44. The van der Waals surface area contributed by atoms with E-state index < -0.39 is 0 Å². The number of para-hydroxylation sites is 1. The van der Waals surface area contributed by atoms with Gasteiger partial charge in [0.05, 0.1) is 18.8 Å². The number of furan rings is 1. The molecule has 0 bridgehead atoms. The number of aliphatic imine (C=N–C) groups is 1. The van der Waals surface area contributed by atoms with Crippen LogP contribution in [0.4, 0.5) is 0 Å². The molecule has 0 saturated heterocycles. The van der Waals surface area contributed by atoms with E-state index in [1.165, 1.54) is 5.56 Å². The molecule has 0 aliphatic rings. The summed E-state index contributed by atoms with van der Waals surface area (Å²) in [6.07, 6.45) is 1.80. The number of fused-ring (bicyclic) bond motifs is 1. The van der Waals surface area contributed by atoms with Crippen molar-refractivity contribution in [3.63, 3.8) is 0 Å². The van der Waals surface area contributed by atoms with Crippen molar-refractivity contribution in [2.24, 2.45) is 4.99 Å². The van der Waals surface area contributed by atoms with Crippen LogP contribution in [0.2, 0.25) is 0 Å². The second-order valence-corrected chi connectivity index (χ2v) is 5.96. The van der Waals surface area contributed by atoms with E-state index >= 15 is 0 Å². The fourth-order valence-corrected chi connectivity index (χ4v) is 2.74. The summed E-state index contributed by atoms with van der Waals surface area (Å²) < 4.78 is 5.95. The molecule has 0 fully saturated rings. The van der Waals surface area contributed by atoms with Gasteiger partial charge in [0.15, 0.2) is 5.96 Å². The van der Waals surface area contributed by atoms with Crippen LogP contribution in [0.15, 0.2) is 52.0 Å². The van der Waals surface area contributed by atoms with Crippen LogP contribution < -0.4 is 10.6 Å². The van der Waals surface area contributed by atoms with E-state index in [4.69, 9.17) is 4.42 Å². The molecule has 0 spiro atoms. The lowest BCUT2D eigenvalue weighted by molar-refractivity contribution is 0.534. The maximum Gasteiger partial charge on any atom is 0.192 e. The zero-order valence-corrected chi connectivity index (χ0v) is 17.7. The molecule has 0 aliphatic heterocycles. The number of guanidine groups is 1. The number of hydrogen-bond donors (Lipinski definition) is 2. The Balaban J connectivity index is 0.00000243. The number of benzene rings is 1. The van der Waals surface area contributed by atoms with Gasteiger partial charge in [0, 0.05) is 23.7 Å². The van der Waals surface area contributed by atoms with Gasteiger partial charge in [-0.25, -0.2) is 4.99 Å². The predicted molar refractivity (Wildman–Crippen MR) is 117 cm³/mol. The first-order valence-corrected chi connectivity index (χ1v) is 8.58. The Morgan fingerprint density at radius 1 is 1.12 bits per heavy atom. The molecule has 2 heterocycles. The Morgan fingerprint density at radius 2 is 1.92 bits per heavy atom. The molecule has 5 nitrogen and oxygen atoms in total. The van der Waals surface area contributed by atoms with Crippen LogP contribution in [0.25, 0.3) is 11.0 Å². The standard InChI is InChI=1S/C20H24N4O.HI/c1-4-21-20(23-12-17-14(2)8-7-11-22-17)24-13-19-15(3)16-9-5-6-10-18(16)25-19;/h5-11H,4,12-13H2,1-3H3,(H2,21,23,24);1H.